The van der Waals surface area contributed by atoms with E-state index in [1.165, 1.54) is 17.4 Å². The molecular weight excluding hydrogens is 404 g/mol. The van der Waals surface area contributed by atoms with Crippen molar-refractivity contribution in [2.24, 2.45) is 5.10 Å². The highest BCUT2D eigenvalue weighted by molar-refractivity contribution is 7.14. The topological polar surface area (TPSA) is 46.5 Å². The Labute approximate surface area is 176 Å². The van der Waals surface area contributed by atoms with Gasteiger partial charge in [-0.15, -0.1) is 11.3 Å². The first-order chi connectivity index (χ1) is 14.7. The van der Waals surface area contributed by atoms with Gasteiger partial charge < -0.3 is 4.74 Å². The minimum Gasteiger partial charge on any atom is -0.489 e. The lowest BCUT2D eigenvalue weighted by Crippen LogP contribution is -2.01. The van der Waals surface area contributed by atoms with Crippen LogP contribution in [-0.4, -0.2) is 11.2 Å². The van der Waals surface area contributed by atoms with Crippen LogP contribution in [0.1, 0.15) is 11.1 Å². The van der Waals surface area contributed by atoms with Crippen molar-refractivity contribution >= 4 is 22.7 Å². The van der Waals surface area contributed by atoms with Crippen LogP contribution in [0, 0.1) is 11.6 Å². The molecular formula is C23H17F2N3OS. The summed E-state index contributed by atoms with van der Waals surface area (Å²) in [6.07, 6.45) is 1.67. The number of benzene rings is 3. The third-order valence-electron chi connectivity index (χ3n) is 4.28. The van der Waals surface area contributed by atoms with E-state index in [0.29, 0.717) is 5.13 Å². The van der Waals surface area contributed by atoms with E-state index in [2.05, 4.69) is 15.5 Å². The Balaban J connectivity index is 1.41. The Kier molecular flexibility index (Phi) is 6.10. The highest BCUT2D eigenvalue weighted by Gasteiger charge is 2.06. The number of thiazole rings is 1. The molecule has 1 N–H and O–H groups in total. The van der Waals surface area contributed by atoms with Gasteiger partial charge in [-0.1, -0.05) is 54.6 Å². The largest absolute Gasteiger partial charge is 0.489 e. The zero-order valence-electron chi connectivity index (χ0n) is 15.8. The van der Waals surface area contributed by atoms with Crippen LogP contribution in [0.4, 0.5) is 13.9 Å². The molecule has 4 rings (SSSR count). The van der Waals surface area contributed by atoms with Crippen LogP contribution in [0.25, 0.3) is 11.3 Å². The number of rotatable bonds is 7. The van der Waals surface area contributed by atoms with Gasteiger partial charge in [0, 0.05) is 22.6 Å². The van der Waals surface area contributed by atoms with E-state index in [0.717, 1.165) is 34.5 Å². The maximum absolute atomic E-state index is 13.3. The van der Waals surface area contributed by atoms with E-state index in [-0.39, 0.29) is 12.4 Å². The maximum atomic E-state index is 13.3. The van der Waals surface area contributed by atoms with Crippen LogP contribution in [0.5, 0.6) is 5.75 Å². The number of aromatic nitrogens is 1. The van der Waals surface area contributed by atoms with Crippen LogP contribution in [0.3, 0.4) is 0 Å². The summed E-state index contributed by atoms with van der Waals surface area (Å²) in [7, 11) is 0. The van der Waals surface area contributed by atoms with Gasteiger partial charge in [-0.05, 0) is 17.7 Å². The normalized spacial score (nSPS) is 11.0. The van der Waals surface area contributed by atoms with Gasteiger partial charge in [-0.2, -0.15) is 5.10 Å². The first kappa shape index (κ1) is 19.7. The summed E-state index contributed by atoms with van der Waals surface area (Å²) < 4.78 is 32.0. The molecule has 0 unspecified atom stereocenters. The number of anilines is 1. The van der Waals surface area contributed by atoms with E-state index < -0.39 is 11.6 Å². The van der Waals surface area contributed by atoms with E-state index in [9.17, 15) is 8.78 Å². The minimum atomic E-state index is -0.940. The second-order valence-electron chi connectivity index (χ2n) is 6.34. The van der Waals surface area contributed by atoms with Gasteiger partial charge in [0.2, 0.25) is 5.13 Å². The van der Waals surface area contributed by atoms with Gasteiger partial charge in [0.1, 0.15) is 12.4 Å². The van der Waals surface area contributed by atoms with Gasteiger partial charge >= 0.3 is 0 Å². The van der Waals surface area contributed by atoms with E-state index in [1.807, 2.05) is 60.0 Å². The first-order valence-electron chi connectivity index (χ1n) is 9.15. The summed E-state index contributed by atoms with van der Waals surface area (Å²) in [5.41, 5.74) is 6.58. The van der Waals surface area contributed by atoms with Crippen molar-refractivity contribution in [3.63, 3.8) is 0 Å². The molecule has 0 saturated carbocycles. The highest BCUT2D eigenvalue weighted by atomic mass is 32.1. The number of hydrazone groups is 1. The molecule has 0 fully saturated rings. The molecule has 0 radical (unpaired) electrons. The lowest BCUT2D eigenvalue weighted by molar-refractivity contribution is 0.303. The van der Waals surface area contributed by atoms with Crippen LogP contribution >= 0.6 is 11.3 Å². The second-order valence-corrected chi connectivity index (χ2v) is 7.20. The quantitative estimate of drug-likeness (QED) is 0.289. The fourth-order valence-electron chi connectivity index (χ4n) is 2.74. The second kappa shape index (κ2) is 9.28. The Morgan fingerprint density at radius 2 is 1.77 bits per heavy atom. The number of nitrogens with one attached hydrogen (secondary N) is 1. The zero-order chi connectivity index (χ0) is 20.8. The third kappa shape index (κ3) is 4.87. The average Bonchev–Trinajstić information content (AvgIpc) is 3.25. The summed E-state index contributed by atoms with van der Waals surface area (Å²) in [6, 6.07) is 20.9. The average molecular weight is 421 g/mol. The number of halogens is 2. The fraction of sp³-hybridized carbons (Fsp3) is 0.0435. The summed E-state index contributed by atoms with van der Waals surface area (Å²) in [5, 5.41) is 6.92. The molecule has 0 aliphatic heterocycles. The Hall–Kier alpha value is -3.58. The van der Waals surface area contributed by atoms with E-state index in [1.54, 1.807) is 6.21 Å². The van der Waals surface area contributed by atoms with Crippen molar-refractivity contribution in [3.05, 3.63) is 101 Å². The van der Waals surface area contributed by atoms with Crippen LogP contribution in [0.15, 0.2) is 83.3 Å². The lowest BCUT2D eigenvalue weighted by Gasteiger charge is -2.09. The molecule has 0 spiro atoms. The number of ether oxygens (including phenoxy) is 1. The van der Waals surface area contributed by atoms with Crippen molar-refractivity contribution in [2.75, 3.05) is 5.43 Å². The van der Waals surface area contributed by atoms with Crippen LogP contribution in [-0.2, 0) is 6.61 Å². The molecule has 0 amide bonds. The molecule has 0 atom stereocenters. The molecule has 4 aromatic rings. The van der Waals surface area contributed by atoms with Crippen molar-refractivity contribution in [1.29, 1.82) is 0 Å². The third-order valence-corrected chi connectivity index (χ3v) is 5.03. The predicted molar refractivity (Wildman–Crippen MR) is 116 cm³/mol. The Morgan fingerprint density at radius 3 is 2.60 bits per heavy atom. The van der Waals surface area contributed by atoms with Gasteiger partial charge in [0.05, 0.1) is 11.9 Å². The smallest absolute Gasteiger partial charge is 0.203 e. The molecule has 3 aromatic carbocycles. The predicted octanol–water partition coefficient (Wildman–Crippen LogP) is 6.11. The molecule has 1 aromatic heterocycles. The van der Waals surface area contributed by atoms with E-state index >= 15 is 0 Å². The van der Waals surface area contributed by atoms with Crippen LogP contribution in [0.2, 0.25) is 0 Å². The van der Waals surface area contributed by atoms with Crippen molar-refractivity contribution < 1.29 is 13.5 Å². The summed E-state index contributed by atoms with van der Waals surface area (Å²) >= 11 is 1.47. The molecule has 30 heavy (non-hydrogen) atoms. The molecule has 0 aliphatic carbocycles. The maximum Gasteiger partial charge on any atom is 0.203 e. The number of nitrogens with zero attached hydrogens (tertiary/aromatic N) is 2. The lowest BCUT2D eigenvalue weighted by atomic mass is 10.1. The molecule has 0 bridgehead atoms. The zero-order valence-corrected chi connectivity index (χ0v) is 16.6. The summed E-state index contributed by atoms with van der Waals surface area (Å²) in [4.78, 5) is 4.53. The SMILES string of the molecule is Fc1ccc(OCc2ccccc2C=NNc2nc(-c3ccccc3)cs2)cc1F. The van der Waals surface area contributed by atoms with Crippen molar-refractivity contribution in [3.8, 4) is 17.0 Å². The molecule has 1 heterocycles. The Bertz CT molecular complexity index is 1160. The van der Waals surface area contributed by atoms with Crippen molar-refractivity contribution in [1.82, 2.24) is 4.98 Å². The van der Waals surface area contributed by atoms with Gasteiger partial charge in [-0.25, -0.2) is 13.8 Å². The molecule has 7 heteroatoms. The first-order valence-corrected chi connectivity index (χ1v) is 10.0. The summed E-state index contributed by atoms with van der Waals surface area (Å²) in [5.74, 6) is -1.58. The van der Waals surface area contributed by atoms with Crippen molar-refractivity contribution in [2.45, 2.75) is 6.61 Å². The van der Waals surface area contributed by atoms with Gasteiger partial charge in [-0.3, -0.25) is 5.43 Å². The Morgan fingerprint density at radius 1 is 0.967 bits per heavy atom. The van der Waals surface area contributed by atoms with Crippen LogP contribution < -0.4 is 10.2 Å². The molecule has 150 valence electrons. The fourth-order valence-corrected chi connectivity index (χ4v) is 3.41. The summed E-state index contributed by atoms with van der Waals surface area (Å²) in [6.45, 7) is 0.197. The standard InChI is InChI=1S/C23H17F2N3OS/c24-20-11-10-19(12-21(20)25)29-14-18-9-5-4-8-17(18)13-26-28-23-27-22(15-30-23)16-6-2-1-3-7-16/h1-13,15H,14H2,(H,27,28). The van der Waals surface area contributed by atoms with Gasteiger partial charge in [0.25, 0.3) is 0 Å². The molecule has 0 aliphatic rings. The molecule has 4 nitrogen and oxygen atoms in total. The minimum absolute atomic E-state index is 0.197. The highest BCUT2D eigenvalue weighted by Crippen LogP contribution is 2.24. The van der Waals surface area contributed by atoms with Gasteiger partial charge in [0.15, 0.2) is 11.6 Å². The van der Waals surface area contributed by atoms with E-state index in [4.69, 9.17) is 4.74 Å². The number of hydrogen-bond acceptors (Lipinski definition) is 5. The number of hydrogen-bond donors (Lipinski definition) is 1. The molecule has 0 saturated heterocycles. The monoisotopic (exact) mass is 421 g/mol.